The minimum atomic E-state index is -0.0751. The summed E-state index contributed by atoms with van der Waals surface area (Å²) in [4.78, 5) is 19.1. The van der Waals surface area contributed by atoms with Crippen molar-refractivity contribution in [2.45, 2.75) is 32.7 Å². The monoisotopic (exact) mass is 364 g/mol. The fourth-order valence-electron chi connectivity index (χ4n) is 3.22. The van der Waals surface area contributed by atoms with E-state index in [1.54, 1.807) is 21.2 Å². The number of nitrogens with zero attached hydrogens (tertiary/aromatic N) is 4. The molecule has 1 aliphatic rings. The Labute approximate surface area is 147 Å². The van der Waals surface area contributed by atoms with Crippen molar-refractivity contribution in [3.05, 3.63) is 49.6 Å². The van der Waals surface area contributed by atoms with E-state index in [0.29, 0.717) is 22.4 Å². The molecule has 1 saturated carbocycles. The molecule has 3 aromatic rings. The van der Waals surface area contributed by atoms with Crippen LogP contribution in [0.3, 0.4) is 0 Å². The van der Waals surface area contributed by atoms with Gasteiger partial charge in [-0.05, 0) is 32.3 Å². The van der Waals surface area contributed by atoms with Crippen LogP contribution >= 0.6 is 22.9 Å². The average Bonchev–Trinajstić information content (AvgIpc) is 3.11. The van der Waals surface area contributed by atoms with Crippen molar-refractivity contribution in [3.8, 4) is 0 Å². The maximum absolute atomic E-state index is 12.7. The van der Waals surface area contributed by atoms with E-state index in [0.717, 1.165) is 22.7 Å². The number of aromatic nitrogens is 4. The van der Waals surface area contributed by atoms with Crippen LogP contribution in [0.4, 0.5) is 0 Å². The van der Waals surface area contributed by atoms with Gasteiger partial charge in [-0.2, -0.15) is 5.10 Å². The van der Waals surface area contributed by atoms with E-state index in [9.17, 15) is 9.90 Å². The molecule has 0 amide bonds. The predicted molar refractivity (Wildman–Crippen MR) is 93.1 cm³/mol. The Morgan fingerprint density at radius 1 is 1.42 bits per heavy atom. The molecule has 6 nitrogen and oxygen atoms in total. The Morgan fingerprint density at radius 2 is 2.21 bits per heavy atom. The number of rotatable bonds is 4. The highest BCUT2D eigenvalue weighted by Crippen LogP contribution is 2.49. The van der Waals surface area contributed by atoms with Crippen LogP contribution in [0.15, 0.2) is 16.9 Å². The number of fused-ring (bicyclic) bond motifs is 1. The zero-order valence-electron chi connectivity index (χ0n) is 13.4. The van der Waals surface area contributed by atoms with Gasteiger partial charge in [-0.25, -0.2) is 4.98 Å². The van der Waals surface area contributed by atoms with Gasteiger partial charge in [0, 0.05) is 34.9 Å². The lowest BCUT2D eigenvalue weighted by Crippen LogP contribution is -2.18. The lowest BCUT2D eigenvalue weighted by molar-refractivity contribution is 0.273. The third-order valence-corrected chi connectivity index (χ3v) is 5.71. The van der Waals surface area contributed by atoms with Crippen LogP contribution in [0.5, 0.6) is 0 Å². The van der Waals surface area contributed by atoms with Crippen molar-refractivity contribution < 1.29 is 5.11 Å². The molecule has 0 radical (unpaired) electrons. The van der Waals surface area contributed by atoms with Gasteiger partial charge in [0.1, 0.15) is 0 Å². The number of thiazole rings is 1. The maximum atomic E-state index is 12.7. The third kappa shape index (κ3) is 2.56. The Kier molecular flexibility index (Phi) is 3.74. The van der Waals surface area contributed by atoms with Crippen molar-refractivity contribution in [3.63, 3.8) is 0 Å². The summed E-state index contributed by atoms with van der Waals surface area (Å²) < 4.78 is 3.44. The van der Waals surface area contributed by atoms with E-state index in [2.05, 4.69) is 10.1 Å². The molecular formula is C16H17ClN4O2S. The number of aliphatic hydroxyl groups excluding tert-OH is 1. The first-order valence-electron chi connectivity index (χ1n) is 7.80. The standard InChI is InChI=1S/C16H17ClN4O2S/c1-8-3-13(17)19-20(8)6-11-5-14(23)21-15(12-4-10(12)7-22)9(2)24-16(21)18-11/h3,5,10,12,22H,4,6-7H2,1-2H3. The molecule has 2 unspecified atom stereocenters. The van der Waals surface area contributed by atoms with Gasteiger partial charge in [-0.15, -0.1) is 11.3 Å². The largest absolute Gasteiger partial charge is 0.396 e. The minimum absolute atomic E-state index is 0.0751. The number of hydrogen-bond acceptors (Lipinski definition) is 5. The summed E-state index contributed by atoms with van der Waals surface area (Å²) in [5.74, 6) is 0.531. The highest BCUT2D eigenvalue weighted by molar-refractivity contribution is 7.17. The van der Waals surface area contributed by atoms with Gasteiger partial charge in [0.05, 0.1) is 12.2 Å². The first-order chi connectivity index (χ1) is 11.5. The predicted octanol–water partition coefficient (Wildman–Crippen LogP) is 2.37. The summed E-state index contributed by atoms with van der Waals surface area (Å²) in [6.45, 7) is 4.51. The molecular weight excluding hydrogens is 348 g/mol. The summed E-state index contributed by atoms with van der Waals surface area (Å²) in [5.41, 5.74) is 2.53. The molecule has 3 aromatic heterocycles. The molecule has 1 fully saturated rings. The van der Waals surface area contributed by atoms with Crippen LogP contribution in [0.1, 0.15) is 34.3 Å². The van der Waals surface area contributed by atoms with Gasteiger partial charge in [-0.3, -0.25) is 13.9 Å². The fraction of sp³-hybridized carbons (Fsp3) is 0.438. The highest BCUT2D eigenvalue weighted by atomic mass is 35.5. The fourth-order valence-corrected chi connectivity index (χ4v) is 4.53. The van der Waals surface area contributed by atoms with Crippen molar-refractivity contribution in [1.29, 1.82) is 0 Å². The molecule has 8 heteroatoms. The normalized spacial score (nSPS) is 20.0. The zero-order chi connectivity index (χ0) is 17.0. The molecule has 4 rings (SSSR count). The van der Waals surface area contributed by atoms with Crippen LogP contribution in [0, 0.1) is 19.8 Å². The van der Waals surface area contributed by atoms with Crippen LogP contribution < -0.4 is 5.56 Å². The minimum Gasteiger partial charge on any atom is -0.396 e. The number of halogens is 1. The van der Waals surface area contributed by atoms with Crippen LogP contribution in [-0.4, -0.2) is 30.9 Å². The molecule has 126 valence electrons. The Hall–Kier alpha value is -1.70. The highest BCUT2D eigenvalue weighted by Gasteiger charge is 2.41. The second kappa shape index (κ2) is 5.68. The lowest BCUT2D eigenvalue weighted by atomic mass is 10.2. The topological polar surface area (TPSA) is 72.4 Å². The van der Waals surface area contributed by atoms with E-state index in [-0.39, 0.29) is 24.0 Å². The summed E-state index contributed by atoms with van der Waals surface area (Å²) in [6.07, 6.45) is 0.933. The van der Waals surface area contributed by atoms with E-state index in [1.165, 1.54) is 11.3 Å². The first-order valence-corrected chi connectivity index (χ1v) is 9.00. The summed E-state index contributed by atoms with van der Waals surface area (Å²) in [5, 5.41) is 14.0. The second-order valence-electron chi connectivity index (χ2n) is 6.30. The molecule has 2 atom stereocenters. The summed E-state index contributed by atoms with van der Waals surface area (Å²) in [7, 11) is 0. The quantitative estimate of drug-likeness (QED) is 0.771. The molecule has 0 aliphatic heterocycles. The van der Waals surface area contributed by atoms with E-state index >= 15 is 0 Å². The molecule has 24 heavy (non-hydrogen) atoms. The van der Waals surface area contributed by atoms with Crippen LogP contribution in [0.2, 0.25) is 5.15 Å². The third-order valence-electron chi connectivity index (χ3n) is 4.56. The summed E-state index contributed by atoms with van der Waals surface area (Å²) >= 11 is 7.44. The molecule has 0 spiro atoms. The van der Waals surface area contributed by atoms with E-state index in [4.69, 9.17) is 11.6 Å². The molecule has 1 aliphatic carbocycles. The number of aryl methyl sites for hydroxylation is 2. The zero-order valence-corrected chi connectivity index (χ0v) is 14.9. The molecule has 0 aromatic carbocycles. The van der Waals surface area contributed by atoms with Gasteiger partial charge in [0.25, 0.3) is 5.56 Å². The lowest BCUT2D eigenvalue weighted by Gasteiger charge is -2.05. The van der Waals surface area contributed by atoms with Crippen molar-refractivity contribution in [2.75, 3.05) is 6.61 Å². The van der Waals surface area contributed by atoms with Gasteiger partial charge < -0.3 is 5.11 Å². The van der Waals surface area contributed by atoms with Crippen LogP contribution in [-0.2, 0) is 6.54 Å². The van der Waals surface area contributed by atoms with E-state index < -0.39 is 0 Å². The van der Waals surface area contributed by atoms with Crippen LogP contribution in [0.25, 0.3) is 4.96 Å². The Bertz CT molecular complexity index is 990. The molecule has 0 saturated heterocycles. The van der Waals surface area contributed by atoms with Gasteiger partial charge >= 0.3 is 0 Å². The van der Waals surface area contributed by atoms with E-state index in [1.807, 2.05) is 13.8 Å². The van der Waals surface area contributed by atoms with Gasteiger partial charge in [0.2, 0.25) is 0 Å². The number of aliphatic hydroxyl groups is 1. The van der Waals surface area contributed by atoms with Gasteiger partial charge in [0.15, 0.2) is 10.1 Å². The van der Waals surface area contributed by atoms with Crippen molar-refractivity contribution >= 4 is 27.9 Å². The van der Waals surface area contributed by atoms with Crippen molar-refractivity contribution in [1.82, 2.24) is 19.2 Å². The first kappa shape index (κ1) is 15.8. The average molecular weight is 365 g/mol. The van der Waals surface area contributed by atoms with Gasteiger partial charge in [-0.1, -0.05) is 11.6 Å². The van der Waals surface area contributed by atoms with Crippen molar-refractivity contribution in [2.24, 2.45) is 5.92 Å². The SMILES string of the molecule is Cc1sc2nc(Cn3nc(Cl)cc3C)cc(=O)n2c1C1CC1CO. The smallest absolute Gasteiger partial charge is 0.259 e. The summed E-state index contributed by atoms with van der Waals surface area (Å²) in [6, 6.07) is 3.34. The maximum Gasteiger partial charge on any atom is 0.259 e. The number of hydrogen-bond donors (Lipinski definition) is 1. The molecule has 0 bridgehead atoms. The molecule has 3 heterocycles. The Balaban J connectivity index is 1.76. The molecule has 1 N–H and O–H groups in total. The second-order valence-corrected chi connectivity index (χ2v) is 7.87. The Morgan fingerprint density at radius 3 is 2.83 bits per heavy atom.